The minimum absolute atomic E-state index is 0.263. The van der Waals surface area contributed by atoms with Crippen molar-refractivity contribution in [3.05, 3.63) is 65.9 Å². The molecule has 1 aromatic heterocycles. The molecule has 1 fully saturated rings. The first-order valence-corrected chi connectivity index (χ1v) is 10.6. The number of piperidine rings is 1. The van der Waals surface area contributed by atoms with Crippen molar-refractivity contribution in [2.45, 2.75) is 25.9 Å². The minimum Gasteiger partial charge on any atom is -0.454 e. The van der Waals surface area contributed by atoms with Gasteiger partial charge in [-0.25, -0.2) is 0 Å². The lowest BCUT2D eigenvalue weighted by Crippen LogP contribution is -2.36. The van der Waals surface area contributed by atoms with Crippen LogP contribution in [-0.2, 0) is 13.1 Å². The van der Waals surface area contributed by atoms with Crippen molar-refractivity contribution in [2.75, 3.05) is 26.5 Å². The van der Waals surface area contributed by atoms with Gasteiger partial charge in [0.05, 0.1) is 12.2 Å². The summed E-state index contributed by atoms with van der Waals surface area (Å²) in [5.41, 5.74) is 4.44. The van der Waals surface area contributed by atoms with Crippen LogP contribution in [0.3, 0.4) is 0 Å². The monoisotopic (exact) mass is 405 g/mol. The Balaban J connectivity index is 1.45. The molecule has 0 bridgehead atoms. The molecule has 0 spiro atoms. The molecule has 0 amide bonds. The van der Waals surface area contributed by atoms with Crippen molar-refractivity contribution in [1.29, 1.82) is 0 Å². The number of aliphatic hydroxyl groups is 1. The van der Waals surface area contributed by atoms with E-state index in [1.54, 1.807) is 0 Å². The lowest BCUT2D eigenvalue weighted by molar-refractivity contribution is 0.116. The van der Waals surface area contributed by atoms with E-state index in [2.05, 4.69) is 41.4 Å². The quantitative estimate of drug-likeness (QED) is 0.680. The van der Waals surface area contributed by atoms with E-state index in [1.807, 2.05) is 22.9 Å². The summed E-state index contributed by atoms with van der Waals surface area (Å²) in [6.07, 6.45) is 4.40. The summed E-state index contributed by atoms with van der Waals surface area (Å²) in [6.45, 7) is 4.08. The summed E-state index contributed by atoms with van der Waals surface area (Å²) >= 11 is 0. The minimum atomic E-state index is 0.263. The number of aromatic nitrogens is 2. The predicted molar refractivity (Wildman–Crippen MR) is 114 cm³/mol. The number of benzene rings is 2. The first kappa shape index (κ1) is 19.2. The number of fused-ring (bicyclic) bond motifs is 1. The zero-order valence-corrected chi connectivity index (χ0v) is 17.0. The standard InChI is InChI=1S/C24H27N3O3/c28-16-19-7-4-10-26(12-19)14-21-15-27(13-18-5-2-1-3-6-18)25-24(21)20-8-9-22-23(11-20)30-17-29-22/h1-3,5-6,8-9,11,15,19,28H,4,7,10,12-14,16-17H2/t19-/m0/s1. The van der Waals surface area contributed by atoms with Gasteiger partial charge in [-0.05, 0) is 49.1 Å². The molecule has 0 aliphatic carbocycles. The van der Waals surface area contributed by atoms with Crippen molar-refractivity contribution < 1.29 is 14.6 Å². The van der Waals surface area contributed by atoms with Crippen molar-refractivity contribution in [3.63, 3.8) is 0 Å². The molecule has 2 aliphatic rings. The van der Waals surface area contributed by atoms with Gasteiger partial charge in [0.1, 0.15) is 0 Å². The third kappa shape index (κ3) is 4.06. The van der Waals surface area contributed by atoms with Crippen LogP contribution in [-0.4, -0.2) is 46.3 Å². The molecular formula is C24H27N3O3. The molecule has 30 heavy (non-hydrogen) atoms. The Kier molecular flexibility index (Phi) is 5.43. The van der Waals surface area contributed by atoms with Crippen LogP contribution in [0.5, 0.6) is 11.5 Å². The highest BCUT2D eigenvalue weighted by Gasteiger charge is 2.23. The lowest BCUT2D eigenvalue weighted by atomic mass is 9.98. The van der Waals surface area contributed by atoms with Gasteiger partial charge >= 0.3 is 0 Å². The van der Waals surface area contributed by atoms with Gasteiger partial charge in [0, 0.05) is 37.0 Å². The van der Waals surface area contributed by atoms with Crippen LogP contribution in [0.1, 0.15) is 24.0 Å². The number of rotatable bonds is 6. The van der Waals surface area contributed by atoms with Crippen molar-refractivity contribution in [3.8, 4) is 22.8 Å². The summed E-state index contributed by atoms with van der Waals surface area (Å²) < 4.78 is 13.1. The smallest absolute Gasteiger partial charge is 0.231 e. The van der Waals surface area contributed by atoms with Crippen LogP contribution in [0.25, 0.3) is 11.3 Å². The Hall–Kier alpha value is -2.83. The fraction of sp³-hybridized carbons (Fsp3) is 0.375. The Morgan fingerprint density at radius 1 is 1.03 bits per heavy atom. The average Bonchev–Trinajstić information content (AvgIpc) is 3.41. The summed E-state index contributed by atoms with van der Waals surface area (Å²) in [7, 11) is 0. The predicted octanol–water partition coefficient (Wildman–Crippen LogP) is 3.53. The fourth-order valence-electron chi connectivity index (χ4n) is 4.40. The molecule has 0 radical (unpaired) electrons. The zero-order valence-electron chi connectivity index (χ0n) is 17.0. The van der Waals surface area contributed by atoms with E-state index < -0.39 is 0 Å². The molecule has 6 nitrogen and oxygen atoms in total. The molecule has 0 saturated carbocycles. The van der Waals surface area contributed by atoms with Crippen molar-refractivity contribution in [1.82, 2.24) is 14.7 Å². The SMILES string of the molecule is OC[C@H]1CCCN(Cc2cn(Cc3ccccc3)nc2-c2ccc3c(c2)OCO3)C1. The van der Waals surface area contributed by atoms with Crippen molar-refractivity contribution in [2.24, 2.45) is 5.92 Å². The number of likely N-dealkylation sites (tertiary alicyclic amines) is 1. The van der Waals surface area contributed by atoms with Gasteiger partial charge in [-0.1, -0.05) is 30.3 Å². The molecule has 1 N–H and O–H groups in total. The van der Waals surface area contributed by atoms with Crippen molar-refractivity contribution >= 4 is 0 Å². The Bertz CT molecular complexity index is 1000. The van der Waals surface area contributed by atoms with E-state index in [-0.39, 0.29) is 13.4 Å². The molecule has 0 unspecified atom stereocenters. The highest BCUT2D eigenvalue weighted by Crippen LogP contribution is 2.36. The summed E-state index contributed by atoms with van der Waals surface area (Å²) in [6, 6.07) is 16.4. The van der Waals surface area contributed by atoms with Crippen LogP contribution in [0.2, 0.25) is 0 Å². The van der Waals surface area contributed by atoms with Gasteiger partial charge in [0.15, 0.2) is 11.5 Å². The van der Waals surface area contributed by atoms with E-state index >= 15 is 0 Å². The normalized spacial score (nSPS) is 18.6. The maximum Gasteiger partial charge on any atom is 0.231 e. The van der Waals surface area contributed by atoms with E-state index in [4.69, 9.17) is 14.6 Å². The molecule has 3 aromatic rings. The molecule has 2 aromatic carbocycles. The molecule has 6 heteroatoms. The molecule has 2 aliphatic heterocycles. The molecule has 1 atom stereocenters. The third-order valence-corrected chi connectivity index (χ3v) is 5.93. The molecule has 3 heterocycles. The van der Waals surface area contributed by atoms with Crippen LogP contribution >= 0.6 is 0 Å². The summed E-state index contributed by atoms with van der Waals surface area (Å²) in [4.78, 5) is 2.44. The van der Waals surface area contributed by atoms with Crippen LogP contribution in [0.15, 0.2) is 54.7 Å². The van der Waals surface area contributed by atoms with E-state index in [1.165, 1.54) is 11.1 Å². The van der Waals surface area contributed by atoms with E-state index in [9.17, 15) is 5.11 Å². The van der Waals surface area contributed by atoms with Gasteiger partial charge in [-0.15, -0.1) is 0 Å². The van der Waals surface area contributed by atoms with Gasteiger partial charge in [0.2, 0.25) is 6.79 Å². The second kappa shape index (κ2) is 8.50. The van der Waals surface area contributed by atoms with Gasteiger partial charge < -0.3 is 14.6 Å². The number of hydrogen-bond donors (Lipinski definition) is 1. The summed E-state index contributed by atoms with van der Waals surface area (Å²) in [5, 5.41) is 14.5. The lowest BCUT2D eigenvalue weighted by Gasteiger charge is -2.31. The van der Waals surface area contributed by atoms with Gasteiger partial charge in [-0.2, -0.15) is 5.10 Å². The van der Waals surface area contributed by atoms with Crippen LogP contribution in [0.4, 0.5) is 0 Å². The Morgan fingerprint density at radius 2 is 1.90 bits per heavy atom. The Morgan fingerprint density at radius 3 is 2.77 bits per heavy atom. The second-order valence-corrected chi connectivity index (χ2v) is 8.18. The fourth-order valence-corrected chi connectivity index (χ4v) is 4.40. The highest BCUT2D eigenvalue weighted by molar-refractivity contribution is 5.67. The molecular weight excluding hydrogens is 378 g/mol. The topological polar surface area (TPSA) is 59.8 Å². The largest absolute Gasteiger partial charge is 0.454 e. The number of aliphatic hydroxyl groups excluding tert-OH is 1. The summed E-state index contributed by atoms with van der Waals surface area (Å²) in [5.74, 6) is 1.92. The molecule has 1 saturated heterocycles. The van der Waals surface area contributed by atoms with Crippen LogP contribution in [0, 0.1) is 5.92 Å². The maximum atomic E-state index is 9.60. The van der Waals surface area contributed by atoms with Gasteiger partial charge in [0.25, 0.3) is 0 Å². The van der Waals surface area contributed by atoms with Crippen LogP contribution < -0.4 is 9.47 Å². The first-order valence-electron chi connectivity index (χ1n) is 10.6. The second-order valence-electron chi connectivity index (χ2n) is 8.18. The number of hydrogen-bond acceptors (Lipinski definition) is 5. The molecule has 5 rings (SSSR count). The highest BCUT2D eigenvalue weighted by atomic mass is 16.7. The third-order valence-electron chi connectivity index (χ3n) is 5.93. The zero-order chi connectivity index (χ0) is 20.3. The van der Waals surface area contributed by atoms with E-state index in [0.29, 0.717) is 5.92 Å². The number of ether oxygens (including phenoxy) is 2. The maximum absolute atomic E-state index is 9.60. The van der Waals surface area contributed by atoms with Gasteiger partial charge in [-0.3, -0.25) is 9.58 Å². The number of nitrogens with zero attached hydrogens (tertiary/aromatic N) is 3. The average molecular weight is 405 g/mol. The molecule has 156 valence electrons. The first-order chi connectivity index (χ1) is 14.8. The Labute approximate surface area is 176 Å². The van der Waals surface area contributed by atoms with E-state index in [0.717, 1.165) is 61.8 Å².